The van der Waals surface area contributed by atoms with Gasteiger partial charge in [0.05, 0.1) is 25.9 Å². The molecule has 3 fully saturated rings. The number of aromatic hydroxyl groups is 3. The Kier molecular flexibility index (Phi) is 14.2. The van der Waals surface area contributed by atoms with Crippen LogP contribution in [0.1, 0.15) is 19.4 Å². The summed E-state index contributed by atoms with van der Waals surface area (Å²) >= 11 is 0. The minimum Gasteiger partial charge on any atom is -0.508 e. The van der Waals surface area contributed by atoms with Crippen molar-refractivity contribution in [3.8, 4) is 45.8 Å². The Morgan fingerprint density at radius 3 is 1.97 bits per heavy atom. The topological polar surface area (TPSA) is 344 Å². The lowest BCUT2D eigenvalue weighted by Gasteiger charge is -2.43. The summed E-state index contributed by atoms with van der Waals surface area (Å²) < 4.78 is 51.1. The highest BCUT2D eigenvalue weighted by molar-refractivity contribution is 5.89. The van der Waals surface area contributed by atoms with Crippen LogP contribution in [0.5, 0.6) is 34.5 Å². The van der Waals surface area contributed by atoms with E-state index in [1.165, 1.54) is 69.5 Å². The molecule has 352 valence electrons. The lowest BCUT2D eigenvalue weighted by atomic mass is 9.98. The van der Waals surface area contributed by atoms with Gasteiger partial charge in [0.25, 0.3) is 0 Å². The molecule has 1 aromatic heterocycles. The normalized spacial score (nSPS) is 32.9. The van der Waals surface area contributed by atoms with Crippen LogP contribution in [-0.2, 0) is 28.5 Å². The molecule has 0 unspecified atom stereocenters. The summed E-state index contributed by atoms with van der Waals surface area (Å²) in [5, 5.41) is 116. The predicted octanol–water partition coefficient (Wildman–Crippen LogP) is -0.913. The van der Waals surface area contributed by atoms with Gasteiger partial charge in [-0.05, 0) is 61.9 Å². The van der Waals surface area contributed by atoms with E-state index in [9.17, 15) is 65.8 Å². The summed E-state index contributed by atoms with van der Waals surface area (Å²) in [5.74, 6) is -3.36. The average Bonchev–Trinajstić information content (AvgIpc) is 3.28. The summed E-state index contributed by atoms with van der Waals surface area (Å²) in [5.41, 5.74) is -0.908. The maximum atomic E-state index is 14.4. The summed E-state index contributed by atoms with van der Waals surface area (Å²) in [6, 6.07) is 11.5. The first kappa shape index (κ1) is 47.4. The molecule has 3 aromatic carbocycles. The van der Waals surface area contributed by atoms with Gasteiger partial charge in [0.15, 0.2) is 29.7 Å². The molecule has 0 radical (unpaired) electrons. The maximum absolute atomic E-state index is 14.4. The van der Waals surface area contributed by atoms with E-state index in [1.54, 1.807) is 0 Å². The van der Waals surface area contributed by atoms with Gasteiger partial charge in [0.2, 0.25) is 23.8 Å². The smallest absolute Gasteiger partial charge is 0.331 e. The zero-order valence-electron chi connectivity index (χ0n) is 34.6. The van der Waals surface area contributed by atoms with E-state index in [0.717, 1.165) is 18.2 Å². The molecule has 0 bridgehead atoms. The number of methoxy groups -OCH3 is 1. The average molecular weight is 917 g/mol. The Morgan fingerprint density at radius 1 is 0.692 bits per heavy atom. The van der Waals surface area contributed by atoms with E-state index in [0.29, 0.717) is 5.56 Å². The second-order valence-corrected chi connectivity index (χ2v) is 15.6. The summed E-state index contributed by atoms with van der Waals surface area (Å²) in [6.07, 6.45) is -22.3. The van der Waals surface area contributed by atoms with Crippen molar-refractivity contribution < 1.29 is 103 Å². The van der Waals surface area contributed by atoms with Crippen LogP contribution < -0.4 is 19.6 Å². The monoisotopic (exact) mass is 916 g/mol. The minimum atomic E-state index is -2.12. The quantitative estimate of drug-likeness (QED) is 0.0605. The van der Waals surface area contributed by atoms with Crippen molar-refractivity contribution in [2.24, 2.45) is 0 Å². The molecule has 7 rings (SSSR count). The molecule has 11 N–H and O–H groups in total. The van der Waals surface area contributed by atoms with Crippen molar-refractivity contribution in [2.75, 3.05) is 13.7 Å². The van der Waals surface area contributed by atoms with Crippen LogP contribution in [0.25, 0.3) is 28.4 Å². The van der Waals surface area contributed by atoms with Gasteiger partial charge < -0.3 is 98.5 Å². The highest BCUT2D eigenvalue weighted by atomic mass is 16.7. The number of aliphatic hydroxyl groups excluding tert-OH is 8. The number of ether oxygens (including phenoxy) is 8. The third-order valence-corrected chi connectivity index (χ3v) is 11.1. The summed E-state index contributed by atoms with van der Waals surface area (Å²) in [7, 11) is 1.33. The number of aliphatic hydroxyl groups is 8. The highest BCUT2D eigenvalue weighted by Gasteiger charge is 2.50. The Balaban J connectivity index is 1.21. The van der Waals surface area contributed by atoms with Crippen molar-refractivity contribution in [3.63, 3.8) is 0 Å². The molecular weight excluding hydrogens is 868 g/mol. The number of carbonyl (C=O) groups excluding carboxylic acids is 1. The molecule has 0 spiro atoms. The Hall–Kier alpha value is -5.60. The van der Waals surface area contributed by atoms with Crippen LogP contribution in [0.4, 0.5) is 0 Å². The zero-order chi connectivity index (χ0) is 47.0. The first-order chi connectivity index (χ1) is 30.9. The fraction of sp³-hybridized carbons (Fsp3) is 0.442. The van der Waals surface area contributed by atoms with Crippen LogP contribution in [0.3, 0.4) is 0 Å². The van der Waals surface area contributed by atoms with Crippen molar-refractivity contribution >= 4 is 23.0 Å². The Labute approximate surface area is 367 Å². The molecule has 0 amide bonds. The molecular formula is C43H48O22. The molecule has 3 aliphatic rings. The number of hydrogen-bond acceptors (Lipinski definition) is 22. The first-order valence-electron chi connectivity index (χ1n) is 20.1. The van der Waals surface area contributed by atoms with E-state index < -0.39 is 127 Å². The zero-order valence-corrected chi connectivity index (χ0v) is 34.6. The lowest BCUT2D eigenvalue weighted by molar-refractivity contribution is -0.319. The van der Waals surface area contributed by atoms with Crippen LogP contribution in [-0.4, -0.2) is 168 Å². The van der Waals surface area contributed by atoms with Gasteiger partial charge >= 0.3 is 5.97 Å². The number of phenolic OH excluding ortho intramolecular Hbond substituents is 3. The van der Waals surface area contributed by atoms with Crippen molar-refractivity contribution in [1.82, 2.24) is 0 Å². The molecule has 0 saturated carbocycles. The summed E-state index contributed by atoms with van der Waals surface area (Å²) in [4.78, 5) is 27.6. The lowest BCUT2D eigenvalue weighted by Crippen LogP contribution is -2.62. The molecule has 22 heteroatoms. The van der Waals surface area contributed by atoms with E-state index in [-0.39, 0.29) is 39.9 Å². The number of esters is 1. The largest absolute Gasteiger partial charge is 0.508 e. The van der Waals surface area contributed by atoms with Gasteiger partial charge in [-0.2, -0.15) is 0 Å². The van der Waals surface area contributed by atoms with Gasteiger partial charge in [-0.15, -0.1) is 0 Å². The van der Waals surface area contributed by atoms with E-state index >= 15 is 0 Å². The number of rotatable bonds is 12. The fourth-order valence-corrected chi connectivity index (χ4v) is 7.36. The number of carbonyl (C=O) groups is 1. The maximum Gasteiger partial charge on any atom is 0.331 e. The van der Waals surface area contributed by atoms with Gasteiger partial charge in [-0.25, -0.2) is 4.79 Å². The van der Waals surface area contributed by atoms with Gasteiger partial charge in [0.1, 0.15) is 83.2 Å². The molecule has 3 aliphatic heterocycles. The molecule has 15 atom stereocenters. The van der Waals surface area contributed by atoms with Crippen LogP contribution in [0, 0.1) is 0 Å². The van der Waals surface area contributed by atoms with Crippen molar-refractivity contribution in [2.45, 2.75) is 106 Å². The molecule has 65 heavy (non-hydrogen) atoms. The molecule has 4 aromatic rings. The predicted molar refractivity (Wildman–Crippen MR) is 217 cm³/mol. The molecule has 4 heterocycles. The second kappa shape index (κ2) is 19.5. The minimum absolute atomic E-state index is 0.0912. The van der Waals surface area contributed by atoms with Crippen LogP contribution in [0.15, 0.2) is 69.9 Å². The Bertz CT molecular complexity index is 2400. The number of fused-ring (bicyclic) bond motifs is 1. The van der Waals surface area contributed by atoms with Crippen LogP contribution >= 0.6 is 0 Å². The van der Waals surface area contributed by atoms with Gasteiger partial charge in [-0.3, -0.25) is 4.79 Å². The second-order valence-electron chi connectivity index (χ2n) is 15.6. The first-order valence-corrected chi connectivity index (χ1v) is 20.1. The number of hydrogen-bond donors (Lipinski definition) is 11. The van der Waals surface area contributed by atoms with Gasteiger partial charge in [0, 0.05) is 23.8 Å². The third-order valence-electron chi connectivity index (χ3n) is 11.1. The third kappa shape index (κ3) is 9.84. The van der Waals surface area contributed by atoms with Crippen molar-refractivity contribution in [3.05, 3.63) is 76.5 Å². The van der Waals surface area contributed by atoms with Crippen molar-refractivity contribution in [1.29, 1.82) is 0 Å². The van der Waals surface area contributed by atoms with E-state index in [1.807, 2.05) is 0 Å². The van der Waals surface area contributed by atoms with Crippen LogP contribution in [0.2, 0.25) is 0 Å². The highest BCUT2D eigenvalue weighted by Crippen LogP contribution is 2.39. The standard InChI is InChI=1S/C43H48O22/c1-16-29(48)32(51)35(54)41(59-16)58-15-26-39(64-27(47)11-5-18-4-10-22(45)24(12-18)57-3)34(53)37(56)43(63-26)65-40-31(50)28-23(46)13-21(61-42-36(55)33(52)30(49)17(2)60-42)14-25(28)62-38(40)19-6-8-20(44)9-7-19/h4-14,16-17,26,29-30,32-37,39,41-46,48-49,51-56H,15H2,1-3H3/b11-5+/t16-,17-,26+,29-,30-,32-,33-,34-,35-,36+,37-,39-,41+,42-,43-/m0/s1. The summed E-state index contributed by atoms with van der Waals surface area (Å²) in [6.45, 7) is 2.11. The van der Waals surface area contributed by atoms with Gasteiger partial charge in [-0.1, -0.05) is 6.07 Å². The number of phenols is 3. The molecule has 3 saturated heterocycles. The van der Waals surface area contributed by atoms with E-state index in [4.69, 9.17) is 42.3 Å². The fourth-order valence-electron chi connectivity index (χ4n) is 7.36. The SMILES string of the molecule is COc1cc(/C=C/C(=O)O[C@@H]2[C@@H](O)[C@H](O)[C@H](Oc3c(-c4ccc(O)cc4)oc4cc(O[C@@H]5O[C@@H](C)[C@H](O)[C@H](O)[C@H]5O)cc(O)c4c3=O)O[C@@H]2CO[C@@H]2O[C@@H](C)[C@H](O)[C@H](O)[C@@H]2O)ccc1O. The number of benzene rings is 3. The van der Waals surface area contributed by atoms with E-state index in [2.05, 4.69) is 0 Å². The Morgan fingerprint density at radius 2 is 1.31 bits per heavy atom. The molecule has 0 aliphatic carbocycles. The molecule has 22 nitrogen and oxygen atoms in total.